The van der Waals surface area contributed by atoms with E-state index < -0.39 is 15.4 Å². The molecule has 0 aliphatic heterocycles. The molecule has 0 saturated heterocycles. The summed E-state index contributed by atoms with van der Waals surface area (Å²) in [6, 6.07) is 5.59. The van der Waals surface area contributed by atoms with Crippen LogP contribution in [0.4, 0.5) is 0 Å². The highest BCUT2D eigenvalue weighted by atomic mass is 33.1. The summed E-state index contributed by atoms with van der Waals surface area (Å²) in [7, 11) is -0.774. The number of pyridine rings is 1. The first-order chi connectivity index (χ1) is 8.89. The Balaban J connectivity index is 2.21. The van der Waals surface area contributed by atoms with E-state index in [0.717, 1.165) is 5.03 Å². The minimum Gasteiger partial charge on any atom is -0.339 e. The summed E-state index contributed by atoms with van der Waals surface area (Å²) in [5.41, 5.74) is 0. The van der Waals surface area contributed by atoms with Crippen molar-refractivity contribution in [3.8, 4) is 0 Å². The van der Waals surface area contributed by atoms with Gasteiger partial charge in [0.15, 0.2) is 0 Å². The summed E-state index contributed by atoms with van der Waals surface area (Å²) in [5, 5.41) is 7.03. The molecule has 19 heavy (non-hydrogen) atoms. The number of carbonyl (C=O) groups is 1. The second-order valence-corrected chi connectivity index (χ2v) is 7.94. The van der Waals surface area contributed by atoms with Gasteiger partial charge >= 0.3 is 0 Å². The van der Waals surface area contributed by atoms with Gasteiger partial charge in [0.25, 0.3) is 0 Å². The van der Waals surface area contributed by atoms with Crippen LogP contribution in [-0.4, -0.2) is 30.4 Å². The van der Waals surface area contributed by atoms with Crippen LogP contribution in [0.5, 0.6) is 0 Å². The third-order valence-electron chi connectivity index (χ3n) is 2.05. The van der Waals surface area contributed by atoms with Crippen molar-refractivity contribution < 1.29 is 13.2 Å². The van der Waals surface area contributed by atoms with E-state index in [1.807, 2.05) is 18.2 Å². The fourth-order valence-electron chi connectivity index (χ4n) is 1.01. The van der Waals surface area contributed by atoms with Crippen molar-refractivity contribution in [2.24, 2.45) is 5.14 Å². The van der Waals surface area contributed by atoms with E-state index in [1.54, 1.807) is 6.20 Å². The van der Waals surface area contributed by atoms with Gasteiger partial charge in [-0.05, 0) is 29.9 Å². The molecule has 1 unspecified atom stereocenters. The van der Waals surface area contributed by atoms with Crippen molar-refractivity contribution in [2.75, 3.05) is 5.75 Å². The molecule has 0 aromatic carbocycles. The van der Waals surface area contributed by atoms with Crippen molar-refractivity contribution in [1.29, 1.82) is 0 Å². The number of nitrogens with zero attached hydrogens (tertiary/aromatic N) is 1. The van der Waals surface area contributed by atoms with Crippen molar-refractivity contribution in [2.45, 2.75) is 23.7 Å². The van der Waals surface area contributed by atoms with Gasteiger partial charge in [-0.2, -0.15) is 0 Å². The number of amides is 1. The first-order valence-corrected chi connectivity index (χ1v) is 9.34. The first kappa shape index (κ1) is 16.3. The molecule has 1 atom stereocenters. The molecule has 1 rings (SSSR count). The minimum absolute atomic E-state index is 0.227. The summed E-state index contributed by atoms with van der Waals surface area (Å²) in [4.78, 5) is 15.6. The van der Waals surface area contributed by atoms with Crippen LogP contribution in [0.2, 0.25) is 0 Å². The Morgan fingerprint density at radius 2 is 2.26 bits per heavy atom. The SMILES string of the molecule is CC(NC(=O)CCSSc1ccccn1)S(N)(=O)=O. The van der Waals surface area contributed by atoms with Gasteiger partial charge in [-0.25, -0.2) is 18.5 Å². The summed E-state index contributed by atoms with van der Waals surface area (Å²) >= 11 is 0. The van der Waals surface area contributed by atoms with Crippen molar-refractivity contribution in [1.82, 2.24) is 10.3 Å². The molecule has 1 aromatic rings. The summed E-state index contributed by atoms with van der Waals surface area (Å²) in [6.45, 7) is 1.34. The molecule has 0 aliphatic carbocycles. The Hall–Kier alpha value is -0.770. The third-order valence-corrected chi connectivity index (χ3v) is 5.42. The smallest absolute Gasteiger partial charge is 0.229 e. The van der Waals surface area contributed by atoms with Crippen LogP contribution in [0.25, 0.3) is 0 Å². The minimum atomic E-state index is -3.73. The molecule has 0 radical (unpaired) electrons. The number of nitrogens with one attached hydrogen (secondary N) is 1. The topological polar surface area (TPSA) is 102 Å². The molecule has 1 amide bonds. The molecule has 1 aromatic heterocycles. The molecule has 3 N–H and O–H groups in total. The number of nitrogens with two attached hydrogens (primary N) is 1. The Labute approximate surface area is 120 Å². The second-order valence-electron chi connectivity index (χ2n) is 3.62. The average molecular weight is 321 g/mol. The number of hydrogen-bond acceptors (Lipinski definition) is 6. The highest BCUT2D eigenvalue weighted by Crippen LogP contribution is 2.29. The predicted molar refractivity (Wildman–Crippen MR) is 77.9 cm³/mol. The van der Waals surface area contributed by atoms with Crippen LogP contribution in [0.3, 0.4) is 0 Å². The maximum atomic E-state index is 11.4. The molecular formula is C10H15N3O3S3. The fourth-order valence-corrected chi connectivity index (χ4v) is 3.18. The lowest BCUT2D eigenvalue weighted by molar-refractivity contribution is -0.120. The lowest BCUT2D eigenvalue weighted by Gasteiger charge is -2.10. The maximum absolute atomic E-state index is 11.4. The number of primary sulfonamides is 1. The highest BCUT2D eigenvalue weighted by molar-refractivity contribution is 8.76. The summed E-state index contributed by atoms with van der Waals surface area (Å²) in [5.74, 6) is 0.223. The Bertz CT molecular complexity index is 507. The van der Waals surface area contributed by atoms with Gasteiger partial charge in [0.1, 0.15) is 10.4 Å². The molecule has 0 bridgehead atoms. The average Bonchev–Trinajstić information content (AvgIpc) is 2.35. The molecule has 0 fully saturated rings. The lowest BCUT2D eigenvalue weighted by Crippen LogP contribution is -2.41. The zero-order valence-corrected chi connectivity index (χ0v) is 12.7. The molecular weight excluding hydrogens is 306 g/mol. The Morgan fingerprint density at radius 1 is 1.53 bits per heavy atom. The molecule has 0 spiro atoms. The molecule has 0 saturated carbocycles. The number of sulfonamides is 1. The number of carbonyl (C=O) groups excluding carboxylic acids is 1. The van der Waals surface area contributed by atoms with E-state index in [2.05, 4.69) is 10.3 Å². The van der Waals surface area contributed by atoms with Gasteiger partial charge < -0.3 is 5.32 Å². The van der Waals surface area contributed by atoms with Gasteiger partial charge in [0.05, 0.1) is 0 Å². The monoisotopic (exact) mass is 321 g/mol. The zero-order chi connectivity index (χ0) is 14.3. The van der Waals surface area contributed by atoms with Crippen molar-refractivity contribution >= 4 is 37.5 Å². The fraction of sp³-hybridized carbons (Fsp3) is 0.400. The Kier molecular flexibility index (Phi) is 6.63. The standard InChI is InChI=1S/C10H15N3O3S3/c1-8(19(11,15)16)13-9(14)5-7-17-18-10-4-2-3-6-12-10/h2-4,6,8H,5,7H2,1H3,(H,13,14)(H2,11,15,16). The summed E-state index contributed by atoms with van der Waals surface area (Å²) < 4.78 is 21.9. The third kappa shape index (κ3) is 6.81. The van der Waals surface area contributed by atoms with E-state index in [1.165, 1.54) is 28.5 Å². The maximum Gasteiger partial charge on any atom is 0.229 e. The van der Waals surface area contributed by atoms with Crippen LogP contribution in [0.15, 0.2) is 29.4 Å². The van der Waals surface area contributed by atoms with Gasteiger partial charge in [0.2, 0.25) is 15.9 Å². The molecule has 9 heteroatoms. The number of aromatic nitrogens is 1. The van der Waals surface area contributed by atoms with Crippen LogP contribution >= 0.6 is 21.6 Å². The first-order valence-electron chi connectivity index (χ1n) is 5.41. The normalized spacial score (nSPS) is 12.9. The highest BCUT2D eigenvalue weighted by Gasteiger charge is 2.17. The molecule has 1 heterocycles. The summed E-state index contributed by atoms with van der Waals surface area (Å²) in [6.07, 6.45) is 1.92. The van der Waals surface area contributed by atoms with Gasteiger partial charge in [-0.1, -0.05) is 16.9 Å². The van der Waals surface area contributed by atoms with E-state index in [-0.39, 0.29) is 12.3 Å². The molecule has 0 aliphatic rings. The van der Waals surface area contributed by atoms with E-state index in [0.29, 0.717) is 5.75 Å². The van der Waals surface area contributed by atoms with Crippen molar-refractivity contribution in [3.05, 3.63) is 24.4 Å². The van der Waals surface area contributed by atoms with Gasteiger partial charge in [-0.15, -0.1) is 0 Å². The molecule has 106 valence electrons. The number of rotatable bonds is 7. The van der Waals surface area contributed by atoms with E-state index in [4.69, 9.17) is 5.14 Å². The van der Waals surface area contributed by atoms with Crippen LogP contribution < -0.4 is 10.5 Å². The second kappa shape index (κ2) is 7.73. The largest absolute Gasteiger partial charge is 0.339 e. The van der Waals surface area contributed by atoms with Gasteiger partial charge in [-0.3, -0.25) is 4.79 Å². The number of hydrogen-bond donors (Lipinski definition) is 2. The Morgan fingerprint density at radius 3 is 2.84 bits per heavy atom. The van der Waals surface area contributed by atoms with Crippen LogP contribution in [-0.2, 0) is 14.8 Å². The van der Waals surface area contributed by atoms with Crippen LogP contribution in [0.1, 0.15) is 13.3 Å². The van der Waals surface area contributed by atoms with Gasteiger partial charge in [0, 0.05) is 18.4 Å². The van der Waals surface area contributed by atoms with Crippen molar-refractivity contribution in [3.63, 3.8) is 0 Å². The lowest BCUT2D eigenvalue weighted by atomic mass is 10.4. The molecule has 6 nitrogen and oxygen atoms in total. The van der Waals surface area contributed by atoms with E-state index in [9.17, 15) is 13.2 Å². The van der Waals surface area contributed by atoms with E-state index >= 15 is 0 Å². The van der Waals surface area contributed by atoms with Crippen LogP contribution in [0, 0.1) is 0 Å². The zero-order valence-electron chi connectivity index (χ0n) is 10.3. The predicted octanol–water partition coefficient (Wildman–Crippen LogP) is 0.963. The quantitative estimate of drug-likeness (QED) is 0.573.